The van der Waals surface area contributed by atoms with Gasteiger partial charge in [0.1, 0.15) is 5.84 Å². The van der Waals surface area contributed by atoms with Gasteiger partial charge in [-0.05, 0) is 37.1 Å². The number of nitrogens with one attached hydrogen (secondary N) is 1. The summed E-state index contributed by atoms with van der Waals surface area (Å²) in [6.45, 7) is 4.26. The van der Waals surface area contributed by atoms with E-state index in [1.807, 2.05) is 24.3 Å². The summed E-state index contributed by atoms with van der Waals surface area (Å²) < 4.78 is 0. The molecule has 0 atom stereocenters. The summed E-state index contributed by atoms with van der Waals surface area (Å²) in [4.78, 5) is 4.28. The summed E-state index contributed by atoms with van der Waals surface area (Å²) in [5, 5.41) is 4.10. The Morgan fingerprint density at radius 3 is 2.41 bits per heavy atom. The Bertz CT molecular complexity index is 405. The van der Waals surface area contributed by atoms with Crippen LogP contribution in [-0.2, 0) is 0 Å². The van der Waals surface area contributed by atoms with E-state index in [-0.39, 0.29) is 0 Å². The SMILES string of the molecule is CC/C=C(\CC)NC(=NC)c1ccc(Cl)cc1. The van der Waals surface area contributed by atoms with Crippen molar-refractivity contribution in [3.05, 3.63) is 46.6 Å². The summed E-state index contributed by atoms with van der Waals surface area (Å²) in [5.74, 6) is 0.878. The van der Waals surface area contributed by atoms with Crippen molar-refractivity contribution in [3.63, 3.8) is 0 Å². The van der Waals surface area contributed by atoms with E-state index in [4.69, 9.17) is 11.6 Å². The number of halogens is 1. The Kier molecular flexibility index (Phi) is 5.78. The van der Waals surface area contributed by atoms with Crippen LogP contribution in [0.1, 0.15) is 32.3 Å². The number of nitrogens with zero attached hydrogens (tertiary/aromatic N) is 1. The Balaban J connectivity index is 2.86. The van der Waals surface area contributed by atoms with Crippen LogP contribution in [-0.4, -0.2) is 12.9 Å². The predicted octanol–water partition coefficient (Wildman–Crippen LogP) is 4.01. The highest BCUT2D eigenvalue weighted by atomic mass is 35.5. The zero-order valence-corrected chi connectivity index (χ0v) is 11.4. The second kappa shape index (κ2) is 7.13. The van der Waals surface area contributed by atoms with E-state index < -0.39 is 0 Å². The van der Waals surface area contributed by atoms with Gasteiger partial charge in [-0.1, -0.05) is 31.5 Å². The van der Waals surface area contributed by atoms with Crippen LogP contribution in [0.25, 0.3) is 0 Å². The molecule has 0 bridgehead atoms. The second-order valence-corrected chi connectivity index (χ2v) is 4.13. The molecule has 1 aromatic carbocycles. The Morgan fingerprint density at radius 1 is 1.29 bits per heavy atom. The highest BCUT2D eigenvalue weighted by Gasteiger charge is 2.03. The Labute approximate surface area is 108 Å². The first-order valence-corrected chi connectivity index (χ1v) is 6.27. The van der Waals surface area contributed by atoms with E-state index in [1.165, 1.54) is 5.70 Å². The fourth-order valence-electron chi connectivity index (χ4n) is 1.55. The van der Waals surface area contributed by atoms with Crippen LogP contribution < -0.4 is 5.32 Å². The average Bonchev–Trinajstić information content (AvgIpc) is 2.36. The normalized spacial score (nSPS) is 12.7. The van der Waals surface area contributed by atoms with Crippen LogP contribution in [0.5, 0.6) is 0 Å². The van der Waals surface area contributed by atoms with E-state index >= 15 is 0 Å². The molecule has 0 aliphatic heterocycles. The molecule has 0 saturated carbocycles. The molecule has 0 spiro atoms. The maximum Gasteiger partial charge on any atom is 0.132 e. The van der Waals surface area contributed by atoms with Crippen LogP contribution >= 0.6 is 11.6 Å². The summed E-state index contributed by atoms with van der Waals surface area (Å²) in [7, 11) is 1.79. The van der Waals surface area contributed by atoms with Gasteiger partial charge in [0.05, 0.1) is 0 Å². The fourth-order valence-corrected chi connectivity index (χ4v) is 1.67. The molecular weight excluding hydrogens is 232 g/mol. The first kappa shape index (κ1) is 13.8. The highest BCUT2D eigenvalue weighted by molar-refractivity contribution is 6.30. The van der Waals surface area contributed by atoms with Gasteiger partial charge in [-0.25, -0.2) is 0 Å². The predicted molar refractivity (Wildman–Crippen MR) is 75.7 cm³/mol. The minimum atomic E-state index is 0.740. The number of aliphatic imine (C=N–C) groups is 1. The van der Waals surface area contributed by atoms with Crippen molar-refractivity contribution in [2.75, 3.05) is 7.05 Å². The second-order valence-electron chi connectivity index (χ2n) is 3.70. The minimum Gasteiger partial charge on any atom is -0.344 e. The lowest BCUT2D eigenvalue weighted by Crippen LogP contribution is -2.23. The van der Waals surface area contributed by atoms with Crippen molar-refractivity contribution in [3.8, 4) is 0 Å². The van der Waals surface area contributed by atoms with Crippen molar-refractivity contribution in [2.45, 2.75) is 26.7 Å². The summed E-state index contributed by atoms with van der Waals surface area (Å²) >= 11 is 5.87. The van der Waals surface area contributed by atoms with Crippen molar-refractivity contribution in [1.29, 1.82) is 0 Å². The molecule has 1 aromatic rings. The molecule has 3 heteroatoms. The smallest absolute Gasteiger partial charge is 0.132 e. The van der Waals surface area contributed by atoms with E-state index in [2.05, 4.69) is 30.2 Å². The largest absolute Gasteiger partial charge is 0.344 e. The third kappa shape index (κ3) is 4.23. The maximum absolute atomic E-state index is 5.87. The molecule has 0 amide bonds. The number of amidine groups is 1. The molecule has 0 saturated heterocycles. The van der Waals surface area contributed by atoms with E-state index in [0.29, 0.717) is 0 Å². The molecular formula is C14H19ClN2. The van der Waals surface area contributed by atoms with Crippen LogP contribution in [0.3, 0.4) is 0 Å². The number of benzene rings is 1. The first-order valence-electron chi connectivity index (χ1n) is 5.90. The lowest BCUT2D eigenvalue weighted by atomic mass is 10.2. The molecule has 0 fully saturated rings. The van der Waals surface area contributed by atoms with Crippen molar-refractivity contribution >= 4 is 17.4 Å². The fraction of sp³-hybridized carbons (Fsp3) is 0.357. The lowest BCUT2D eigenvalue weighted by Gasteiger charge is -2.12. The number of hydrogen-bond donors (Lipinski definition) is 1. The van der Waals surface area contributed by atoms with Crippen LogP contribution in [0.2, 0.25) is 5.02 Å². The summed E-state index contributed by atoms with van der Waals surface area (Å²) in [6.07, 6.45) is 4.18. The molecule has 92 valence electrons. The van der Waals surface area contributed by atoms with Crippen molar-refractivity contribution < 1.29 is 0 Å². The molecule has 0 aliphatic rings. The Morgan fingerprint density at radius 2 is 1.94 bits per heavy atom. The number of rotatable bonds is 4. The third-order valence-corrected chi connectivity index (χ3v) is 2.70. The molecule has 17 heavy (non-hydrogen) atoms. The Hall–Kier alpha value is -1.28. The number of allylic oxidation sites excluding steroid dienone is 2. The van der Waals surface area contributed by atoms with Gasteiger partial charge < -0.3 is 5.32 Å². The van der Waals surface area contributed by atoms with Gasteiger partial charge >= 0.3 is 0 Å². The van der Waals surface area contributed by atoms with Crippen molar-refractivity contribution in [1.82, 2.24) is 5.32 Å². The zero-order chi connectivity index (χ0) is 12.7. The maximum atomic E-state index is 5.87. The van der Waals surface area contributed by atoms with Gasteiger partial charge in [0.2, 0.25) is 0 Å². The average molecular weight is 251 g/mol. The topological polar surface area (TPSA) is 24.4 Å². The van der Waals surface area contributed by atoms with Gasteiger partial charge in [-0.2, -0.15) is 0 Å². The molecule has 0 aliphatic carbocycles. The van der Waals surface area contributed by atoms with Crippen LogP contribution in [0.15, 0.2) is 41.0 Å². The first-order chi connectivity index (χ1) is 8.21. The van der Waals surface area contributed by atoms with Gasteiger partial charge in [0.25, 0.3) is 0 Å². The third-order valence-electron chi connectivity index (χ3n) is 2.45. The van der Waals surface area contributed by atoms with Gasteiger partial charge in [0, 0.05) is 23.3 Å². The molecule has 2 nitrogen and oxygen atoms in total. The van der Waals surface area contributed by atoms with Crippen LogP contribution in [0, 0.1) is 0 Å². The van der Waals surface area contributed by atoms with Gasteiger partial charge in [-0.15, -0.1) is 0 Å². The van der Waals surface area contributed by atoms with E-state index in [1.54, 1.807) is 7.05 Å². The molecule has 0 heterocycles. The van der Waals surface area contributed by atoms with Crippen LogP contribution in [0.4, 0.5) is 0 Å². The van der Waals surface area contributed by atoms with E-state index in [9.17, 15) is 0 Å². The van der Waals surface area contributed by atoms with Crippen molar-refractivity contribution in [2.24, 2.45) is 4.99 Å². The molecule has 1 rings (SSSR count). The highest BCUT2D eigenvalue weighted by Crippen LogP contribution is 2.10. The molecule has 0 radical (unpaired) electrons. The monoisotopic (exact) mass is 250 g/mol. The lowest BCUT2D eigenvalue weighted by molar-refractivity contribution is 0.950. The molecule has 0 aromatic heterocycles. The minimum absolute atomic E-state index is 0.740. The molecule has 0 unspecified atom stereocenters. The summed E-state index contributed by atoms with van der Waals surface area (Å²) in [6, 6.07) is 7.69. The number of hydrogen-bond acceptors (Lipinski definition) is 1. The standard InChI is InChI=1S/C14H19ClN2/c1-4-6-13(5-2)17-14(16-3)11-7-9-12(15)10-8-11/h6-10H,4-5H2,1-3H3,(H,16,17)/b13-6+. The molecule has 1 N–H and O–H groups in total. The van der Waals surface area contributed by atoms with E-state index in [0.717, 1.165) is 29.3 Å². The van der Waals surface area contributed by atoms with Gasteiger partial charge in [0.15, 0.2) is 0 Å². The zero-order valence-electron chi connectivity index (χ0n) is 10.6. The summed E-state index contributed by atoms with van der Waals surface area (Å²) in [5.41, 5.74) is 2.25. The quantitative estimate of drug-likeness (QED) is 0.634. The van der Waals surface area contributed by atoms with Gasteiger partial charge in [-0.3, -0.25) is 4.99 Å².